The second-order valence-electron chi connectivity index (χ2n) is 7.14. The number of urea groups is 1. The highest BCUT2D eigenvalue weighted by molar-refractivity contribution is 6.08. The molecule has 0 unspecified atom stereocenters. The van der Waals surface area contributed by atoms with E-state index >= 15 is 0 Å². The van der Waals surface area contributed by atoms with Gasteiger partial charge in [0, 0.05) is 17.0 Å². The number of nitrogens with zero attached hydrogens (tertiary/aromatic N) is 1. The summed E-state index contributed by atoms with van der Waals surface area (Å²) in [5.41, 5.74) is 1.20. The Labute approximate surface area is 161 Å². The first-order valence-electron chi connectivity index (χ1n) is 8.99. The zero-order valence-corrected chi connectivity index (χ0v) is 16.3. The lowest BCUT2D eigenvalue weighted by atomic mass is 9.99. The number of rotatable bonds is 5. The average molecular weight is 386 g/mol. The molecule has 1 aliphatic rings. The Morgan fingerprint density at radius 3 is 2.61 bits per heavy atom. The van der Waals surface area contributed by atoms with Crippen molar-refractivity contribution in [2.45, 2.75) is 46.3 Å². The molecule has 1 atom stereocenters. The first kappa shape index (κ1) is 19.6. The van der Waals surface area contributed by atoms with Crippen molar-refractivity contribution in [1.29, 1.82) is 0 Å². The first-order chi connectivity index (χ1) is 13.2. The van der Waals surface area contributed by atoms with Crippen LogP contribution in [0.5, 0.6) is 0 Å². The average Bonchev–Trinajstić information content (AvgIpc) is 2.87. The zero-order valence-electron chi connectivity index (χ0n) is 16.3. The van der Waals surface area contributed by atoms with E-state index in [0.29, 0.717) is 23.0 Å². The van der Waals surface area contributed by atoms with Gasteiger partial charge in [0.2, 0.25) is 0 Å². The highest BCUT2D eigenvalue weighted by Crippen LogP contribution is 2.24. The number of imide groups is 1. The van der Waals surface area contributed by atoms with Crippen molar-refractivity contribution in [2.24, 2.45) is 0 Å². The van der Waals surface area contributed by atoms with E-state index in [1.807, 2.05) is 19.9 Å². The van der Waals surface area contributed by atoms with Crippen molar-refractivity contribution >= 4 is 28.9 Å². The highest BCUT2D eigenvalue weighted by Gasteiger charge is 2.47. The monoisotopic (exact) mass is 386 g/mol. The van der Waals surface area contributed by atoms with E-state index in [0.717, 1.165) is 16.0 Å². The van der Waals surface area contributed by atoms with E-state index in [1.165, 1.54) is 6.07 Å². The van der Waals surface area contributed by atoms with E-state index in [4.69, 9.17) is 9.15 Å². The van der Waals surface area contributed by atoms with E-state index in [2.05, 4.69) is 5.32 Å². The van der Waals surface area contributed by atoms with Crippen LogP contribution in [0.15, 0.2) is 27.4 Å². The van der Waals surface area contributed by atoms with Crippen LogP contribution in [0.4, 0.5) is 4.79 Å². The van der Waals surface area contributed by atoms with Crippen molar-refractivity contribution in [3.63, 3.8) is 0 Å². The summed E-state index contributed by atoms with van der Waals surface area (Å²) in [6.07, 6.45) is 0.410. The third-order valence-corrected chi connectivity index (χ3v) is 5.25. The molecular weight excluding hydrogens is 364 g/mol. The van der Waals surface area contributed by atoms with Gasteiger partial charge in [-0.3, -0.25) is 14.5 Å². The molecular formula is C20H22N2O6. The summed E-state index contributed by atoms with van der Waals surface area (Å²) >= 11 is 0. The third kappa shape index (κ3) is 3.37. The van der Waals surface area contributed by atoms with Crippen LogP contribution < -0.4 is 10.9 Å². The fourth-order valence-corrected chi connectivity index (χ4v) is 3.11. The van der Waals surface area contributed by atoms with Crippen LogP contribution in [-0.2, 0) is 20.9 Å². The molecule has 1 N–H and O–H groups in total. The second kappa shape index (κ2) is 7.10. The van der Waals surface area contributed by atoms with Crippen LogP contribution in [0.1, 0.15) is 37.0 Å². The Bertz CT molecular complexity index is 1040. The maximum absolute atomic E-state index is 12.3. The smallest absolute Gasteiger partial charge is 0.336 e. The Morgan fingerprint density at radius 1 is 1.25 bits per heavy atom. The van der Waals surface area contributed by atoms with Gasteiger partial charge in [-0.15, -0.1) is 0 Å². The van der Waals surface area contributed by atoms with Gasteiger partial charge in [-0.1, -0.05) is 19.1 Å². The van der Waals surface area contributed by atoms with Gasteiger partial charge in [0.15, 0.2) is 0 Å². The molecule has 3 rings (SSSR count). The van der Waals surface area contributed by atoms with Gasteiger partial charge >= 0.3 is 17.6 Å². The number of ether oxygens (including phenoxy) is 1. The molecule has 1 aromatic heterocycles. The molecule has 1 aliphatic heterocycles. The maximum Gasteiger partial charge on any atom is 0.336 e. The Balaban J connectivity index is 1.75. The van der Waals surface area contributed by atoms with Crippen LogP contribution in [0.3, 0.4) is 0 Å². The molecule has 2 heterocycles. The SMILES string of the molecule is CC[C@]1(C)NC(=O)N(CC(=O)OCc2cc(=O)oc3c(C)c(C)ccc23)C1=O. The molecule has 1 fully saturated rings. The molecule has 0 radical (unpaired) electrons. The molecule has 0 spiro atoms. The van der Waals surface area contributed by atoms with Crippen molar-refractivity contribution in [2.75, 3.05) is 6.54 Å². The van der Waals surface area contributed by atoms with Crippen LogP contribution >= 0.6 is 0 Å². The number of fused-ring (bicyclic) bond motifs is 1. The normalized spacial score (nSPS) is 19.2. The van der Waals surface area contributed by atoms with Crippen molar-refractivity contribution in [1.82, 2.24) is 10.2 Å². The predicted molar refractivity (Wildman–Crippen MR) is 101 cm³/mol. The lowest BCUT2D eigenvalue weighted by molar-refractivity contribution is -0.148. The molecule has 3 amide bonds. The topological polar surface area (TPSA) is 106 Å². The lowest BCUT2D eigenvalue weighted by Crippen LogP contribution is -2.43. The number of aryl methyl sites for hydroxylation is 2. The van der Waals surface area contributed by atoms with Gasteiger partial charge in [-0.2, -0.15) is 0 Å². The molecule has 0 aliphatic carbocycles. The van der Waals surface area contributed by atoms with E-state index in [1.54, 1.807) is 19.9 Å². The quantitative estimate of drug-likeness (QED) is 0.480. The second-order valence-corrected chi connectivity index (χ2v) is 7.14. The maximum atomic E-state index is 12.3. The summed E-state index contributed by atoms with van der Waals surface area (Å²) < 4.78 is 10.5. The summed E-state index contributed by atoms with van der Waals surface area (Å²) in [6.45, 7) is 6.48. The fraction of sp³-hybridized carbons (Fsp3) is 0.400. The van der Waals surface area contributed by atoms with Gasteiger partial charge in [-0.05, 0) is 38.3 Å². The number of hydrogen-bond acceptors (Lipinski definition) is 6. The zero-order chi connectivity index (χ0) is 20.6. The van der Waals surface area contributed by atoms with E-state index < -0.39 is 35.6 Å². The van der Waals surface area contributed by atoms with E-state index in [9.17, 15) is 19.2 Å². The molecule has 0 saturated carbocycles. The number of carbonyl (C=O) groups is 3. The standard InChI is InChI=1S/C20H22N2O6/c1-5-20(4)18(25)22(19(26)21-20)9-16(24)27-10-13-8-15(23)28-17-12(3)11(2)6-7-14(13)17/h6-8H,5,9-10H2,1-4H3,(H,21,26)/t20-/m0/s1. The predicted octanol–water partition coefficient (Wildman–Crippen LogP) is 2.17. The molecule has 8 nitrogen and oxygen atoms in total. The molecule has 1 saturated heterocycles. The summed E-state index contributed by atoms with van der Waals surface area (Å²) in [6, 6.07) is 4.34. The number of hydrogen-bond donors (Lipinski definition) is 1. The minimum atomic E-state index is -1.01. The molecule has 148 valence electrons. The molecule has 2 aromatic rings. The van der Waals surface area contributed by atoms with Gasteiger partial charge in [-0.25, -0.2) is 9.59 Å². The third-order valence-electron chi connectivity index (χ3n) is 5.25. The van der Waals surface area contributed by atoms with Crippen molar-refractivity contribution < 1.29 is 23.5 Å². The number of carbonyl (C=O) groups excluding carboxylic acids is 3. The van der Waals surface area contributed by atoms with Crippen LogP contribution in [-0.4, -0.2) is 34.9 Å². The lowest BCUT2D eigenvalue weighted by Gasteiger charge is -2.18. The summed E-state index contributed by atoms with van der Waals surface area (Å²) in [4.78, 5) is 49.3. The van der Waals surface area contributed by atoms with Crippen LogP contribution in [0.2, 0.25) is 0 Å². The summed E-state index contributed by atoms with van der Waals surface area (Å²) in [7, 11) is 0. The Morgan fingerprint density at radius 2 is 1.96 bits per heavy atom. The number of nitrogens with one attached hydrogen (secondary N) is 1. The number of esters is 1. The molecule has 8 heteroatoms. The first-order valence-corrected chi connectivity index (χ1v) is 8.99. The van der Waals surface area contributed by atoms with Crippen molar-refractivity contribution in [3.8, 4) is 0 Å². The van der Waals surface area contributed by atoms with Gasteiger partial charge in [0.25, 0.3) is 5.91 Å². The largest absolute Gasteiger partial charge is 0.459 e. The fourth-order valence-electron chi connectivity index (χ4n) is 3.11. The van der Waals surface area contributed by atoms with Crippen LogP contribution in [0.25, 0.3) is 11.0 Å². The molecule has 0 bridgehead atoms. The van der Waals surface area contributed by atoms with Gasteiger partial charge < -0.3 is 14.5 Å². The van der Waals surface area contributed by atoms with Gasteiger partial charge in [0.05, 0.1) is 0 Å². The van der Waals surface area contributed by atoms with Gasteiger partial charge in [0.1, 0.15) is 24.3 Å². The van der Waals surface area contributed by atoms with Crippen LogP contribution in [0, 0.1) is 13.8 Å². The minimum absolute atomic E-state index is 0.169. The molecule has 28 heavy (non-hydrogen) atoms. The number of amides is 3. The summed E-state index contributed by atoms with van der Waals surface area (Å²) in [5.74, 6) is -1.21. The Kier molecular flexibility index (Phi) is 4.97. The molecule has 1 aromatic carbocycles. The summed E-state index contributed by atoms with van der Waals surface area (Å²) in [5, 5.41) is 3.25. The van der Waals surface area contributed by atoms with E-state index in [-0.39, 0.29) is 6.61 Å². The van der Waals surface area contributed by atoms with Crippen molar-refractivity contribution in [3.05, 3.63) is 45.3 Å². The minimum Gasteiger partial charge on any atom is -0.459 e. The Hall–Kier alpha value is -3.16. The number of benzene rings is 1. The highest BCUT2D eigenvalue weighted by atomic mass is 16.5.